The van der Waals surface area contributed by atoms with Crippen molar-refractivity contribution in [2.45, 2.75) is 70.4 Å². The Labute approximate surface area is 98.2 Å². The average Bonchev–Trinajstić information content (AvgIpc) is 2.65. The number of carbonyl (C=O) groups excluding carboxylic acids is 1. The molecule has 3 heteroatoms. The summed E-state index contributed by atoms with van der Waals surface area (Å²) in [4.78, 5) is 12.3. The first-order chi connectivity index (χ1) is 7.62. The van der Waals surface area contributed by atoms with Crippen LogP contribution in [0.2, 0.25) is 0 Å². The van der Waals surface area contributed by atoms with Gasteiger partial charge in [-0.3, -0.25) is 4.79 Å². The monoisotopic (exact) mass is 224 g/mol. The summed E-state index contributed by atoms with van der Waals surface area (Å²) < 4.78 is 0. The first-order valence-electron chi connectivity index (χ1n) is 6.68. The zero-order valence-corrected chi connectivity index (χ0v) is 10.3. The molecule has 0 aliphatic heterocycles. The Kier molecular flexibility index (Phi) is 3.53. The molecule has 0 saturated heterocycles. The van der Waals surface area contributed by atoms with Crippen molar-refractivity contribution in [2.24, 2.45) is 11.1 Å². The minimum atomic E-state index is -0.124. The Morgan fingerprint density at radius 2 is 1.88 bits per heavy atom. The van der Waals surface area contributed by atoms with Crippen molar-refractivity contribution >= 4 is 5.91 Å². The van der Waals surface area contributed by atoms with Crippen LogP contribution in [0, 0.1) is 5.41 Å². The number of rotatable bonds is 2. The van der Waals surface area contributed by atoms with Gasteiger partial charge in [-0.1, -0.05) is 26.2 Å². The van der Waals surface area contributed by atoms with E-state index in [4.69, 9.17) is 5.73 Å². The minimum Gasteiger partial charge on any atom is -0.351 e. The van der Waals surface area contributed by atoms with Gasteiger partial charge in [0.05, 0.1) is 0 Å². The Hall–Kier alpha value is -0.570. The number of hydrogen-bond acceptors (Lipinski definition) is 2. The van der Waals surface area contributed by atoms with Gasteiger partial charge in [0.25, 0.3) is 0 Å². The van der Waals surface area contributed by atoms with Gasteiger partial charge >= 0.3 is 0 Å². The summed E-state index contributed by atoms with van der Waals surface area (Å²) in [5, 5.41) is 3.17. The van der Waals surface area contributed by atoms with Gasteiger partial charge in [0.2, 0.25) is 5.91 Å². The molecule has 2 rings (SSSR count). The molecular formula is C13H24N2O. The summed E-state index contributed by atoms with van der Waals surface area (Å²) in [5.41, 5.74) is 5.86. The number of nitrogens with two attached hydrogens (primary N) is 1. The van der Waals surface area contributed by atoms with Crippen LogP contribution in [0.4, 0.5) is 0 Å². The van der Waals surface area contributed by atoms with Crippen molar-refractivity contribution in [1.82, 2.24) is 5.32 Å². The summed E-state index contributed by atoms with van der Waals surface area (Å²) in [7, 11) is 0. The Morgan fingerprint density at radius 1 is 1.19 bits per heavy atom. The Bertz CT molecular complexity index is 259. The van der Waals surface area contributed by atoms with Crippen molar-refractivity contribution in [1.29, 1.82) is 0 Å². The quantitative estimate of drug-likeness (QED) is 0.753. The summed E-state index contributed by atoms with van der Waals surface area (Å²) >= 11 is 0. The number of nitrogens with one attached hydrogen (secondary N) is 1. The molecule has 2 saturated carbocycles. The van der Waals surface area contributed by atoms with E-state index in [1.165, 1.54) is 19.3 Å². The van der Waals surface area contributed by atoms with Crippen molar-refractivity contribution in [3.05, 3.63) is 0 Å². The van der Waals surface area contributed by atoms with Crippen LogP contribution in [0.25, 0.3) is 0 Å². The lowest BCUT2D eigenvalue weighted by Gasteiger charge is -2.33. The van der Waals surface area contributed by atoms with E-state index in [0.29, 0.717) is 0 Å². The lowest BCUT2D eigenvalue weighted by atomic mass is 9.75. The lowest BCUT2D eigenvalue weighted by Crippen LogP contribution is -2.49. The average molecular weight is 224 g/mol. The highest BCUT2D eigenvalue weighted by atomic mass is 16.2. The van der Waals surface area contributed by atoms with Crippen molar-refractivity contribution in [3.63, 3.8) is 0 Å². The standard InChI is InChI=1S/C13H24N2O/c1-13(8-3-2-4-9-13)12(16)15-11-7-5-6-10(11)14/h10-11H,2-9,14H2,1H3,(H,15,16). The SMILES string of the molecule is CC1(C(=O)NC2CCCC2N)CCCCC1. The predicted molar refractivity (Wildman–Crippen MR) is 64.9 cm³/mol. The maximum atomic E-state index is 12.3. The molecule has 0 aromatic carbocycles. The number of carbonyl (C=O) groups is 1. The van der Waals surface area contributed by atoms with Gasteiger partial charge in [0.15, 0.2) is 0 Å². The highest BCUT2D eigenvalue weighted by Gasteiger charge is 2.37. The lowest BCUT2D eigenvalue weighted by molar-refractivity contribution is -0.132. The normalized spacial score (nSPS) is 33.6. The largest absolute Gasteiger partial charge is 0.351 e. The summed E-state index contributed by atoms with van der Waals surface area (Å²) in [6.45, 7) is 2.11. The number of hydrogen-bond donors (Lipinski definition) is 2. The van der Waals surface area contributed by atoms with Crippen LogP contribution in [-0.2, 0) is 4.79 Å². The molecule has 3 N–H and O–H groups in total. The number of amides is 1. The molecule has 2 aliphatic rings. The molecule has 0 heterocycles. The third-order valence-electron chi connectivity index (χ3n) is 4.39. The second kappa shape index (κ2) is 4.74. The van der Waals surface area contributed by atoms with Gasteiger partial charge in [-0.25, -0.2) is 0 Å². The third kappa shape index (κ3) is 2.40. The fraction of sp³-hybridized carbons (Fsp3) is 0.923. The molecule has 2 atom stereocenters. The van der Waals surface area contributed by atoms with Gasteiger partial charge in [0, 0.05) is 17.5 Å². The highest BCUT2D eigenvalue weighted by Crippen LogP contribution is 2.36. The zero-order valence-electron chi connectivity index (χ0n) is 10.3. The molecule has 0 radical (unpaired) electrons. The van der Waals surface area contributed by atoms with E-state index >= 15 is 0 Å². The van der Waals surface area contributed by atoms with Gasteiger partial charge in [0.1, 0.15) is 0 Å². The van der Waals surface area contributed by atoms with Crippen LogP contribution in [0.15, 0.2) is 0 Å². The van der Waals surface area contributed by atoms with Gasteiger partial charge in [-0.2, -0.15) is 0 Å². The molecule has 0 aromatic heterocycles. The van der Waals surface area contributed by atoms with E-state index in [0.717, 1.165) is 32.1 Å². The van der Waals surface area contributed by atoms with E-state index in [1.54, 1.807) is 0 Å². The molecule has 0 aromatic rings. The first-order valence-corrected chi connectivity index (χ1v) is 6.68. The fourth-order valence-corrected chi connectivity index (χ4v) is 3.07. The maximum Gasteiger partial charge on any atom is 0.226 e. The second-order valence-corrected chi connectivity index (χ2v) is 5.80. The zero-order chi connectivity index (χ0) is 11.6. The van der Waals surface area contributed by atoms with Crippen LogP contribution in [0.5, 0.6) is 0 Å². The highest BCUT2D eigenvalue weighted by molar-refractivity contribution is 5.82. The molecule has 0 bridgehead atoms. The molecular weight excluding hydrogens is 200 g/mol. The Balaban J connectivity index is 1.91. The second-order valence-electron chi connectivity index (χ2n) is 5.80. The summed E-state index contributed by atoms with van der Waals surface area (Å²) in [6.07, 6.45) is 9.03. The minimum absolute atomic E-state index is 0.124. The molecule has 16 heavy (non-hydrogen) atoms. The van der Waals surface area contributed by atoms with Crippen LogP contribution >= 0.6 is 0 Å². The fourth-order valence-electron chi connectivity index (χ4n) is 3.07. The third-order valence-corrected chi connectivity index (χ3v) is 4.39. The topological polar surface area (TPSA) is 55.1 Å². The van der Waals surface area contributed by atoms with E-state index in [1.807, 2.05) is 0 Å². The van der Waals surface area contributed by atoms with E-state index in [2.05, 4.69) is 12.2 Å². The molecule has 0 spiro atoms. The molecule has 2 aliphatic carbocycles. The first kappa shape index (κ1) is 11.9. The molecule has 92 valence electrons. The van der Waals surface area contributed by atoms with Crippen molar-refractivity contribution < 1.29 is 4.79 Å². The van der Waals surface area contributed by atoms with Crippen LogP contribution in [0.3, 0.4) is 0 Å². The van der Waals surface area contributed by atoms with E-state index in [-0.39, 0.29) is 23.4 Å². The molecule has 2 fully saturated rings. The van der Waals surface area contributed by atoms with Crippen LogP contribution in [-0.4, -0.2) is 18.0 Å². The van der Waals surface area contributed by atoms with Crippen molar-refractivity contribution in [2.75, 3.05) is 0 Å². The molecule has 1 amide bonds. The molecule has 2 unspecified atom stereocenters. The van der Waals surface area contributed by atoms with Gasteiger partial charge < -0.3 is 11.1 Å². The van der Waals surface area contributed by atoms with Crippen LogP contribution in [0.1, 0.15) is 58.3 Å². The van der Waals surface area contributed by atoms with Crippen LogP contribution < -0.4 is 11.1 Å². The van der Waals surface area contributed by atoms with E-state index in [9.17, 15) is 4.79 Å². The van der Waals surface area contributed by atoms with Gasteiger partial charge in [-0.05, 0) is 32.1 Å². The summed E-state index contributed by atoms with van der Waals surface area (Å²) in [5.74, 6) is 0.245. The maximum absolute atomic E-state index is 12.3. The smallest absolute Gasteiger partial charge is 0.226 e. The van der Waals surface area contributed by atoms with Crippen molar-refractivity contribution in [3.8, 4) is 0 Å². The summed E-state index contributed by atoms with van der Waals surface area (Å²) in [6, 6.07) is 0.405. The van der Waals surface area contributed by atoms with E-state index < -0.39 is 0 Å². The predicted octanol–water partition coefficient (Wildman–Crippen LogP) is 1.95. The molecule has 3 nitrogen and oxygen atoms in total. The van der Waals surface area contributed by atoms with Gasteiger partial charge in [-0.15, -0.1) is 0 Å². The Morgan fingerprint density at radius 3 is 2.44 bits per heavy atom.